The Bertz CT molecular complexity index is 863. The number of carbonyl (C=O) groups excluding carboxylic acids is 1. The maximum atomic E-state index is 12.6. The molecule has 3 rings (SSSR count). The molecule has 0 unspecified atom stereocenters. The number of nitrogen functional groups attached to an aromatic ring is 1. The van der Waals surface area contributed by atoms with Gasteiger partial charge in [-0.05, 0) is 25.0 Å². The zero-order valence-electron chi connectivity index (χ0n) is 15.1. The van der Waals surface area contributed by atoms with Crippen LogP contribution in [0, 0.1) is 0 Å². The number of hydrogen-bond donors (Lipinski definition) is 3. The van der Waals surface area contributed by atoms with Gasteiger partial charge in [0.15, 0.2) is 0 Å². The Morgan fingerprint density at radius 3 is 2.63 bits per heavy atom. The average molecular weight is 410 g/mol. The van der Waals surface area contributed by atoms with Crippen molar-refractivity contribution in [3.05, 3.63) is 33.4 Å². The third kappa shape index (κ3) is 3.89. The minimum absolute atomic E-state index is 0.0522. The van der Waals surface area contributed by atoms with Crippen LogP contribution in [0.3, 0.4) is 0 Å². The predicted octanol–water partition coefficient (Wildman–Crippen LogP) is 3.95. The first kappa shape index (κ1) is 19.5. The van der Waals surface area contributed by atoms with E-state index in [1.807, 2.05) is 13.8 Å². The van der Waals surface area contributed by atoms with Gasteiger partial charge in [-0.15, -0.1) is 0 Å². The molecule has 0 saturated heterocycles. The molecule has 1 aliphatic heterocycles. The van der Waals surface area contributed by atoms with Crippen molar-refractivity contribution in [3.63, 3.8) is 0 Å². The minimum atomic E-state index is -0.169. The molecule has 9 heteroatoms. The predicted molar refractivity (Wildman–Crippen MR) is 106 cm³/mol. The van der Waals surface area contributed by atoms with Gasteiger partial charge >= 0.3 is 6.03 Å². The first-order valence-electron chi connectivity index (χ1n) is 8.73. The Kier molecular flexibility index (Phi) is 5.62. The third-order valence-electron chi connectivity index (χ3n) is 4.67. The van der Waals surface area contributed by atoms with Crippen LogP contribution in [-0.2, 0) is 13.1 Å². The largest absolute Gasteiger partial charge is 0.507 e. The first-order valence-corrected chi connectivity index (χ1v) is 9.48. The Hall–Kier alpha value is -2.25. The Morgan fingerprint density at radius 1 is 1.30 bits per heavy atom. The summed E-state index contributed by atoms with van der Waals surface area (Å²) in [5.74, 6) is -0.0517. The quantitative estimate of drug-likeness (QED) is 0.708. The van der Waals surface area contributed by atoms with Gasteiger partial charge in [-0.3, -0.25) is 0 Å². The zero-order valence-corrected chi connectivity index (χ0v) is 16.6. The molecule has 2 heterocycles. The minimum Gasteiger partial charge on any atom is -0.507 e. The summed E-state index contributed by atoms with van der Waals surface area (Å²) < 4.78 is 0. The molecular formula is C18H21Cl2N5O2. The van der Waals surface area contributed by atoms with Crippen LogP contribution < -0.4 is 11.1 Å². The van der Waals surface area contributed by atoms with Crippen molar-refractivity contribution < 1.29 is 9.90 Å². The standard InChI is InChI=1S/C18H21Cl2N5O2/c1-3-10(4-2)22-18(27)25-7-11-13(8-25)23-17(21)24-16(11)15-12(20)5-9(19)6-14(15)26/h5-6,10,26H,3-4,7-8H2,1-2H3,(H,22,27)(H2,21,23,24). The summed E-state index contributed by atoms with van der Waals surface area (Å²) in [6.45, 7) is 4.67. The van der Waals surface area contributed by atoms with E-state index in [-0.39, 0.29) is 28.8 Å². The number of nitrogens with two attached hydrogens (primary N) is 1. The number of halogens is 2. The average Bonchev–Trinajstić information content (AvgIpc) is 3.02. The number of phenols is 1. The van der Waals surface area contributed by atoms with E-state index in [1.54, 1.807) is 4.90 Å². The van der Waals surface area contributed by atoms with Crippen molar-refractivity contribution in [2.75, 3.05) is 5.73 Å². The van der Waals surface area contributed by atoms with Gasteiger partial charge in [0.2, 0.25) is 5.95 Å². The first-order chi connectivity index (χ1) is 12.8. The van der Waals surface area contributed by atoms with Crippen molar-refractivity contribution in [1.82, 2.24) is 20.2 Å². The number of nitrogens with one attached hydrogen (secondary N) is 1. The molecule has 1 aliphatic rings. The summed E-state index contributed by atoms with van der Waals surface area (Å²) >= 11 is 12.2. The lowest BCUT2D eigenvalue weighted by Crippen LogP contribution is -2.42. The molecule has 2 amide bonds. The summed E-state index contributed by atoms with van der Waals surface area (Å²) in [5.41, 5.74) is 7.94. The molecule has 1 aromatic carbocycles. The molecule has 1 aromatic heterocycles. The molecule has 0 spiro atoms. The van der Waals surface area contributed by atoms with Crippen LogP contribution in [0.5, 0.6) is 5.75 Å². The maximum Gasteiger partial charge on any atom is 0.318 e. The van der Waals surface area contributed by atoms with Crippen LogP contribution in [0.2, 0.25) is 10.0 Å². The number of rotatable bonds is 4. The Labute approximate surface area is 167 Å². The molecule has 0 saturated carbocycles. The molecule has 0 bridgehead atoms. The van der Waals surface area contributed by atoms with Crippen LogP contribution in [0.25, 0.3) is 11.3 Å². The SMILES string of the molecule is CCC(CC)NC(=O)N1Cc2nc(N)nc(-c3c(O)cc(Cl)cc3Cl)c2C1. The van der Waals surface area contributed by atoms with Gasteiger partial charge in [0.25, 0.3) is 0 Å². The van der Waals surface area contributed by atoms with E-state index in [9.17, 15) is 9.90 Å². The number of nitrogens with zero attached hydrogens (tertiary/aromatic N) is 3. The van der Waals surface area contributed by atoms with Crippen molar-refractivity contribution in [3.8, 4) is 17.0 Å². The third-order valence-corrected chi connectivity index (χ3v) is 5.19. The summed E-state index contributed by atoms with van der Waals surface area (Å²) in [4.78, 5) is 22.8. The highest BCUT2D eigenvalue weighted by molar-refractivity contribution is 6.36. The van der Waals surface area contributed by atoms with Crippen LogP contribution in [0.15, 0.2) is 12.1 Å². The number of benzene rings is 1. The number of anilines is 1. The van der Waals surface area contributed by atoms with Crippen LogP contribution >= 0.6 is 23.2 Å². The van der Waals surface area contributed by atoms with Crippen molar-refractivity contribution in [2.45, 2.75) is 45.8 Å². The fourth-order valence-corrected chi connectivity index (χ4v) is 3.75. The maximum absolute atomic E-state index is 12.6. The number of aromatic nitrogens is 2. The second-order valence-corrected chi connectivity index (χ2v) is 7.30. The van der Waals surface area contributed by atoms with Gasteiger partial charge in [0.05, 0.1) is 35.1 Å². The van der Waals surface area contributed by atoms with Crippen LogP contribution in [-0.4, -0.2) is 32.0 Å². The van der Waals surface area contributed by atoms with Gasteiger partial charge in [0, 0.05) is 16.6 Å². The van der Waals surface area contributed by atoms with E-state index in [1.165, 1.54) is 12.1 Å². The number of hydrogen-bond acceptors (Lipinski definition) is 5. The van der Waals surface area contributed by atoms with E-state index < -0.39 is 0 Å². The number of urea groups is 1. The summed E-state index contributed by atoms with van der Waals surface area (Å²) in [7, 11) is 0. The lowest BCUT2D eigenvalue weighted by molar-refractivity contribution is 0.193. The van der Waals surface area contributed by atoms with E-state index >= 15 is 0 Å². The van der Waals surface area contributed by atoms with Gasteiger partial charge in [0.1, 0.15) is 5.75 Å². The molecule has 144 valence electrons. The van der Waals surface area contributed by atoms with Crippen LogP contribution in [0.1, 0.15) is 37.9 Å². The number of carbonyl (C=O) groups is 1. The lowest BCUT2D eigenvalue weighted by Gasteiger charge is -2.21. The van der Waals surface area contributed by atoms with E-state index in [2.05, 4.69) is 15.3 Å². The molecule has 4 N–H and O–H groups in total. The smallest absolute Gasteiger partial charge is 0.318 e. The molecular weight excluding hydrogens is 389 g/mol. The van der Waals surface area contributed by atoms with Gasteiger partial charge in [-0.1, -0.05) is 37.0 Å². The van der Waals surface area contributed by atoms with Crippen LogP contribution in [0.4, 0.5) is 10.7 Å². The van der Waals surface area contributed by atoms with E-state index in [4.69, 9.17) is 28.9 Å². The van der Waals surface area contributed by atoms with E-state index in [0.717, 1.165) is 12.8 Å². The summed E-state index contributed by atoms with van der Waals surface area (Å²) in [6.07, 6.45) is 1.71. The molecule has 7 nitrogen and oxygen atoms in total. The Morgan fingerprint density at radius 2 is 2.00 bits per heavy atom. The fourth-order valence-electron chi connectivity index (χ4n) is 3.18. The number of phenolic OH excluding ortho intramolecular Hbond substituents is 1. The zero-order chi connectivity index (χ0) is 19.7. The normalized spacial score (nSPS) is 13.1. The Balaban J connectivity index is 1.97. The second-order valence-electron chi connectivity index (χ2n) is 6.46. The fraction of sp³-hybridized carbons (Fsp3) is 0.389. The van der Waals surface area contributed by atoms with Crippen molar-refractivity contribution in [1.29, 1.82) is 0 Å². The topological polar surface area (TPSA) is 104 Å². The van der Waals surface area contributed by atoms with Gasteiger partial charge in [-0.2, -0.15) is 0 Å². The van der Waals surface area contributed by atoms with Gasteiger partial charge in [-0.25, -0.2) is 14.8 Å². The van der Waals surface area contributed by atoms with Crippen molar-refractivity contribution >= 4 is 35.2 Å². The highest BCUT2D eigenvalue weighted by Gasteiger charge is 2.30. The van der Waals surface area contributed by atoms with Crippen molar-refractivity contribution in [2.24, 2.45) is 0 Å². The highest BCUT2D eigenvalue weighted by Crippen LogP contribution is 2.41. The monoisotopic (exact) mass is 409 g/mol. The highest BCUT2D eigenvalue weighted by atomic mass is 35.5. The molecule has 0 fully saturated rings. The van der Waals surface area contributed by atoms with Gasteiger partial charge < -0.3 is 21.1 Å². The van der Waals surface area contributed by atoms with E-state index in [0.29, 0.717) is 40.6 Å². The number of fused-ring (bicyclic) bond motifs is 1. The molecule has 0 atom stereocenters. The molecule has 0 radical (unpaired) electrons. The summed E-state index contributed by atoms with van der Waals surface area (Å²) in [6, 6.07) is 2.86. The second kappa shape index (κ2) is 7.78. The number of aromatic hydroxyl groups is 1. The molecule has 0 aliphatic carbocycles. The lowest BCUT2D eigenvalue weighted by atomic mass is 10.0. The summed E-state index contributed by atoms with van der Waals surface area (Å²) in [5, 5.41) is 13.9. The number of amides is 2. The molecule has 2 aromatic rings. The molecule has 27 heavy (non-hydrogen) atoms.